The Hall–Kier alpha value is -4.14. The lowest BCUT2D eigenvalue weighted by Gasteiger charge is -2.14. The Morgan fingerprint density at radius 1 is 1.12 bits per heavy atom. The SMILES string of the molecule is COc1ccc(NC(C)=O)cc1NC(=O)c1cc(-c2cc(C)oc2C)nc2c1cnn2C(C)C. The van der Waals surface area contributed by atoms with E-state index in [0.717, 1.165) is 17.1 Å². The number of hydrogen-bond donors (Lipinski definition) is 2. The first-order valence-electron chi connectivity index (χ1n) is 10.9. The number of anilines is 2. The predicted molar refractivity (Wildman–Crippen MR) is 130 cm³/mol. The summed E-state index contributed by atoms with van der Waals surface area (Å²) in [4.78, 5) is 29.8. The molecule has 0 bridgehead atoms. The fourth-order valence-electron chi connectivity index (χ4n) is 3.88. The van der Waals surface area contributed by atoms with Crippen LogP contribution >= 0.6 is 0 Å². The fourth-order valence-corrected chi connectivity index (χ4v) is 3.88. The number of nitrogens with zero attached hydrogens (tertiary/aromatic N) is 3. The first-order chi connectivity index (χ1) is 16.2. The number of carbonyl (C=O) groups excluding carboxylic acids is 2. The van der Waals surface area contributed by atoms with E-state index in [4.69, 9.17) is 14.1 Å². The van der Waals surface area contributed by atoms with Crippen LogP contribution in [0.4, 0.5) is 11.4 Å². The van der Waals surface area contributed by atoms with Crippen LogP contribution in [-0.4, -0.2) is 33.7 Å². The minimum absolute atomic E-state index is 0.0535. The highest BCUT2D eigenvalue weighted by molar-refractivity contribution is 6.13. The largest absolute Gasteiger partial charge is 0.495 e. The summed E-state index contributed by atoms with van der Waals surface area (Å²) in [6.45, 7) is 9.17. The molecule has 4 rings (SSSR count). The predicted octanol–water partition coefficient (Wildman–Crippen LogP) is 5.11. The van der Waals surface area contributed by atoms with Gasteiger partial charge in [-0.2, -0.15) is 5.10 Å². The van der Waals surface area contributed by atoms with Crippen LogP contribution in [-0.2, 0) is 4.79 Å². The minimum atomic E-state index is -0.354. The number of amides is 2. The van der Waals surface area contributed by atoms with E-state index in [-0.39, 0.29) is 17.9 Å². The maximum Gasteiger partial charge on any atom is 0.256 e. The Labute approximate surface area is 197 Å². The summed E-state index contributed by atoms with van der Waals surface area (Å²) in [5, 5.41) is 10.7. The average Bonchev–Trinajstić information content (AvgIpc) is 3.35. The van der Waals surface area contributed by atoms with Crippen molar-refractivity contribution < 1.29 is 18.7 Å². The van der Waals surface area contributed by atoms with Crippen molar-refractivity contribution in [1.29, 1.82) is 0 Å². The molecule has 2 N–H and O–H groups in total. The Balaban J connectivity index is 1.83. The number of aromatic nitrogens is 3. The second kappa shape index (κ2) is 9.01. The number of fused-ring (bicyclic) bond motifs is 1. The first kappa shape index (κ1) is 23.0. The lowest BCUT2D eigenvalue weighted by atomic mass is 10.1. The van der Waals surface area contributed by atoms with Crippen molar-refractivity contribution in [2.75, 3.05) is 17.7 Å². The van der Waals surface area contributed by atoms with E-state index in [9.17, 15) is 9.59 Å². The minimum Gasteiger partial charge on any atom is -0.495 e. The van der Waals surface area contributed by atoms with Gasteiger partial charge in [-0.15, -0.1) is 0 Å². The summed E-state index contributed by atoms with van der Waals surface area (Å²) >= 11 is 0. The van der Waals surface area contributed by atoms with Crippen molar-refractivity contribution in [3.8, 4) is 17.0 Å². The van der Waals surface area contributed by atoms with Crippen LogP contribution in [0.3, 0.4) is 0 Å². The molecule has 34 heavy (non-hydrogen) atoms. The number of nitrogens with one attached hydrogen (secondary N) is 2. The van der Waals surface area contributed by atoms with Crippen molar-refractivity contribution in [2.24, 2.45) is 0 Å². The zero-order chi connectivity index (χ0) is 24.6. The molecular weight excluding hydrogens is 434 g/mol. The Bertz CT molecular complexity index is 1400. The van der Waals surface area contributed by atoms with E-state index < -0.39 is 0 Å². The van der Waals surface area contributed by atoms with Crippen molar-refractivity contribution in [1.82, 2.24) is 14.8 Å². The zero-order valence-electron chi connectivity index (χ0n) is 20.0. The molecule has 0 fully saturated rings. The maximum absolute atomic E-state index is 13.5. The van der Waals surface area contributed by atoms with Gasteiger partial charge in [0.05, 0.1) is 35.6 Å². The normalized spacial score (nSPS) is 11.1. The van der Waals surface area contributed by atoms with Crippen LogP contribution in [0.15, 0.2) is 40.9 Å². The van der Waals surface area contributed by atoms with E-state index >= 15 is 0 Å². The van der Waals surface area contributed by atoms with Crippen LogP contribution in [0, 0.1) is 13.8 Å². The quantitative estimate of drug-likeness (QED) is 0.413. The summed E-state index contributed by atoms with van der Waals surface area (Å²) in [6.07, 6.45) is 1.65. The Kier molecular flexibility index (Phi) is 6.10. The van der Waals surface area contributed by atoms with Crippen LogP contribution in [0.25, 0.3) is 22.3 Å². The number of aryl methyl sites for hydroxylation is 2. The molecule has 3 heterocycles. The summed E-state index contributed by atoms with van der Waals surface area (Å²) in [6, 6.07) is 8.74. The lowest BCUT2D eigenvalue weighted by Crippen LogP contribution is -2.15. The van der Waals surface area contributed by atoms with Gasteiger partial charge in [-0.05, 0) is 58.0 Å². The van der Waals surface area contributed by atoms with Gasteiger partial charge in [0.25, 0.3) is 5.91 Å². The van der Waals surface area contributed by atoms with Crippen molar-refractivity contribution in [3.05, 3.63) is 53.6 Å². The molecule has 1 aromatic carbocycles. The number of ether oxygens (including phenoxy) is 1. The molecule has 0 saturated carbocycles. The second-order valence-corrected chi connectivity index (χ2v) is 8.35. The topological polar surface area (TPSA) is 111 Å². The fraction of sp³-hybridized carbons (Fsp3) is 0.280. The smallest absolute Gasteiger partial charge is 0.256 e. The van der Waals surface area contributed by atoms with Gasteiger partial charge in [0.1, 0.15) is 17.3 Å². The van der Waals surface area contributed by atoms with Crippen molar-refractivity contribution in [3.63, 3.8) is 0 Å². The average molecular weight is 462 g/mol. The summed E-state index contributed by atoms with van der Waals surface area (Å²) in [5.74, 6) is 1.38. The molecule has 0 atom stereocenters. The summed E-state index contributed by atoms with van der Waals surface area (Å²) < 4.78 is 12.9. The molecule has 176 valence electrons. The van der Waals surface area contributed by atoms with Gasteiger partial charge < -0.3 is 19.8 Å². The monoisotopic (exact) mass is 461 g/mol. The number of rotatable bonds is 6. The number of hydrogen-bond acceptors (Lipinski definition) is 6. The molecule has 2 amide bonds. The molecule has 3 aromatic heterocycles. The van der Waals surface area contributed by atoms with Crippen LogP contribution in [0.1, 0.15) is 48.7 Å². The van der Waals surface area contributed by atoms with E-state index in [1.165, 1.54) is 14.0 Å². The van der Waals surface area contributed by atoms with E-state index in [1.807, 2.05) is 33.8 Å². The zero-order valence-corrected chi connectivity index (χ0v) is 20.0. The Morgan fingerprint density at radius 3 is 2.50 bits per heavy atom. The molecule has 9 nitrogen and oxygen atoms in total. The first-order valence-corrected chi connectivity index (χ1v) is 10.9. The third kappa shape index (κ3) is 4.36. The van der Waals surface area contributed by atoms with Crippen LogP contribution < -0.4 is 15.4 Å². The van der Waals surface area contributed by atoms with Gasteiger partial charge in [-0.3, -0.25) is 9.59 Å². The number of benzene rings is 1. The van der Waals surface area contributed by atoms with E-state index in [1.54, 1.807) is 35.1 Å². The third-order valence-corrected chi connectivity index (χ3v) is 5.39. The molecule has 0 radical (unpaired) electrons. The van der Waals surface area contributed by atoms with Gasteiger partial charge in [0.2, 0.25) is 5.91 Å². The van der Waals surface area contributed by atoms with Gasteiger partial charge >= 0.3 is 0 Å². The lowest BCUT2D eigenvalue weighted by molar-refractivity contribution is -0.114. The molecule has 0 aliphatic heterocycles. The van der Waals surface area contributed by atoms with Gasteiger partial charge in [0, 0.05) is 24.2 Å². The van der Waals surface area contributed by atoms with Crippen molar-refractivity contribution in [2.45, 2.75) is 40.7 Å². The number of methoxy groups -OCH3 is 1. The van der Waals surface area contributed by atoms with E-state index in [0.29, 0.717) is 39.4 Å². The molecule has 0 aliphatic carbocycles. The number of furan rings is 1. The molecule has 0 aliphatic rings. The van der Waals surface area contributed by atoms with Gasteiger partial charge in [0.15, 0.2) is 5.65 Å². The second-order valence-electron chi connectivity index (χ2n) is 8.35. The number of carbonyl (C=O) groups is 2. The molecule has 0 unspecified atom stereocenters. The van der Waals surface area contributed by atoms with E-state index in [2.05, 4.69) is 15.7 Å². The van der Waals surface area contributed by atoms with Crippen molar-refractivity contribution >= 4 is 34.2 Å². The van der Waals surface area contributed by atoms with Crippen LogP contribution in [0.5, 0.6) is 5.75 Å². The molecule has 0 spiro atoms. The van der Waals surface area contributed by atoms with Gasteiger partial charge in [-0.1, -0.05) is 0 Å². The number of pyridine rings is 1. The van der Waals surface area contributed by atoms with Crippen LogP contribution in [0.2, 0.25) is 0 Å². The highest BCUT2D eigenvalue weighted by Gasteiger charge is 2.21. The molecule has 0 saturated heterocycles. The van der Waals surface area contributed by atoms with Gasteiger partial charge in [-0.25, -0.2) is 9.67 Å². The standard InChI is InChI=1S/C25H27N5O4/c1-13(2)30-24-20(12-26-30)19(11-21(28-24)18-9-14(3)34-15(18)4)25(32)29-22-10-17(27-16(5)31)7-8-23(22)33-6/h7-13H,1-6H3,(H,27,31)(H,29,32). The molecular formula is C25H27N5O4. The Morgan fingerprint density at radius 2 is 1.88 bits per heavy atom. The highest BCUT2D eigenvalue weighted by atomic mass is 16.5. The summed E-state index contributed by atoms with van der Waals surface area (Å²) in [5.41, 5.74) is 3.42. The highest BCUT2D eigenvalue weighted by Crippen LogP contribution is 2.32. The molecule has 4 aromatic rings. The third-order valence-electron chi connectivity index (χ3n) is 5.39. The summed E-state index contributed by atoms with van der Waals surface area (Å²) in [7, 11) is 1.52. The molecule has 9 heteroatoms. The maximum atomic E-state index is 13.5.